The van der Waals surface area contributed by atoms with E-state index in [9.17, 15) is 14.7 Å². The first kappa shape index (κ1) is 13.6. The fourth-order valence-electron chi connectivity index (χ4n) is 2.85. The molecular weight excluding hydrogens is 270 g/mol. The van der Waals surface area contributed by atoms with Crippen molar-refractivity contribution in [3.63, 3.8) is 0 Å². The van der Waals surface area contributed by atoms with Gasteiger partial charge in [-0.2, -0.15) is 5.10 Å². The van der Waals surface area contributed by atoms with E-state index in [-0.39, 0.29) is 5.91 Å². The first-order valence-corrected chi connectivity index (χ1v) is 7.14. The van der Waals surface area contributed by atoms with E-state index >= 15 is 0 Å². The minimum Gasteiger partial charge on any atom is -0.480 e. The van der Waals surface area contributed by atoms with E-state index in [0.29, 0.717) is 18.5 Å². The summed E-state index contributed by atoms with van der Waals surface area (Å²) >= 11 is 0. The molecule has 1 aliphatic rings. The normalized spacial score (nSPS) is 19.4. The minimum absolute atomic E-state index is 0.215. The number of carbonyl (C=O) groups excluding carboxylic acids is 1. The SMILES string of the molecule is O=C(O)C1CCCCCN1C(=O)c1ccc2[nH]ncc2c1. The number of aliphatic carboxylic acids is 1. The van der Waals surface area contributed by atoms with E-state index in [0.717, 1.165) is 30.2 Å². The first-order valence-electron chi connectivity index (χ1n) is 7.14. The van der Waals surface area contributed by atoms with E-state index < -0.39 is 12.0 Å². The summed E-state index contributed by atoms with van der Waals surface area (Å²) in [4.78, 5) is 25.6. The van der Waals surface area contributed by atoms with Crippen molar-refractivity contribution >= 4 is 22.8 Å². The van der Waals surface area contributed by atoms with Crippen molar-refractivity contribution in [1.82, 2.24) is 15.1 Å². The second-order valence-electron chi connectivity index (χ2n) is 5.37. The van der Waals surface area contributed by atoms with Crippen LogP contribution in [0, 0.1) is 0 Å². The number of aromatic nitrogens is 2. The molecule has 1 aliphatic heterocycles. The zero-order valence-electron chi connectivity index (χ0n) is 11.6. The molecule has 0 aliphatic carbocycles. The van der Waals surface area contributed by atoms with Crippen LogP contribution < -0.4 is 0 Å². The molecule has 2 aromatic rings. The molecular formula is C15H17N3O3. The van der Waals surface area contributed by atoms with Crippen LogP contribution >= 0.6 is 0 Å². The summed E-state index contributed by atoms with van der Waals surface area (Å²) in [5.41, 5.74) is 1.37. The van der Waals surface area contributed by atoms with Crippen LogP contribution in [0.15, 0.2) is 24.4 Å². The number of H-pyrrole nitrogens is 1. The Morgan fingerprint density at radius 2 is 2.14 bits per heavy atom. The van der Waals surface area contributed by atoms with Crippen molar-refractivity contribution in [3.05, 3.63) is 30.0 Å². The van der Waals surface area contributed by atoms with Crippen LogP contribution in [0.4, 0.5) is 0 Å². The van der Waals surface area contributed by atoms with Gasteiger partial charge >= 0.3 is 5.97 Å². The lowest BCUT2D eigenvalue weighted by atomic mass is 10.1. The fraction of sp³-hybridized carbons (Fsp3) is 0.400. The topological polar surface area (TPSA) is 86.3 Å². The highest BCUT2D eigenvalue weighted by atomic mass is 16.4. The molecule has 1 aromatic heterocycles. The van der Waals surface area contributed by atoms with Crippen LogP contribution in [-0.4, -0.2) is 44.7 Å². The summed E-state index contributed by atoms with van der Waals surface area (Å²) in [6.45, 7) is 0.499. The third-order valence-electron chi connectivity index (χ3n) is 3.99. The van der Waals surface area contributed by atoms with Gasteiger partial charge in [0.15, 0.2) is 0 Å². The zero-order chi connectivity index (χ0) is 14.8. The standard InChI is InChI=1S/C15H17N3O3/c19-14(10-5-6-12-11(8-10)9-16-17-12)18-7-3-1-2-4-13(18)15(20)21/h5-6,8-9,13H,1-4,7H2,(H,16,17)(H,20,21). The van der Waals surface area contributed by atoms with Crippen LogP contribution in [-0.2, 0) is 4.79 Å². The molecule has 0 bridgehead atoms. The van der Waals surface area contributed by atoms with E-state index in [4.69, 9.17) is 0 Å². The maximum atomic E-state index is 12.7. The number of carboxylic acid groups (broad SMARTS) is 1. The molecule has 3 rings (SSSR count). The van der Waals surface area contributed by atoms with Gasteiger partial charge in [-0.15, -0.1) is 0 Å². The Bertz CT molecular complexity index is 680. The van der Waals surface area contributed by atoms with Crippen LogP contribution in [0.25, 0.3) is 10.9 Å². The van der Waals surface area contributed by atoms with Gasteiger partial charge in [-0.05, 0) is 31.0 Å². The molecule has 1 fully saturated rings. The molecule has 6 nitrogen and oxygen atoms in total. The maximum Gasteiger partial charge on any atom is 0.326 e. The second kappa shape index (κ2) is 5.55. The fourth-order valence-corrected chi connectivity index (χ4v) is 2.85. The molecule has 0 radical (unpaired) electrons. The van der Waals surface area contributed by atoms with Crippen LogP contribution in [0.2, 0.25) is 0 Å². The van der Waals surface area contributed by atoms with Gasteiger partial charge in [-0.25, -0.2) is 4.79 Å². The Morgan fingerprint density at radius 1 is 1.29 bits per heavy atom. The van der Waals surface area contributed by atoms with Crippen LogP contribution in [0.3, 0.4) is 0 Å². The van der Waals surface area contributed by atoms with E-state index in [1.54, 1.807) is 24.4 Å². The van der Waals surface area contributed by atoms with Crippen molar-refractivity contribution < 1.29 is 14.7 Å². The Balaban J connectivity index is 1.92. The summed E-state index contributed by atoms with van der Waals surface area (Å²) in [6.07, 6.45) is 4.84. The predicted molar refractivity (Wildman–Crippen MR) is 77.0 cm³/mol. The smallest absolute Gasteiger partial charge is 0.326 e. The number of carbonyl (C=O) groups is 2. The van der Waals surface area contributed by atoms with E-state index in [1.165, 1.54) is 4.90 Å². The first-order chi connectivity index (χ1) is 10.2. The van der Waals surface area contributed by atoms with E-state index in [2.05, 4.69) is 10.2 Å². The van der Waals surface area contributed by atoms with Gasteiger partial charge in [-0.1, -0.05) is 12.8 Å². The molecule has 0 saturated carbocycles. The summed E-state index contributed by atoms with van der Waals surface area (Å²) in [5, 5.41) is 17.0. The zero-order valence-corrected chi connectivity index (χ0v) is 11.6. The Hall–Kier alpha value is -2.37. The summed E-state index contributed by atoms with van der Waals surface area (Å²) < 4.78 is 0. The number of likely N-dealkylation sites (tertiary alicyclic amines) is 1. The largest absolute Gasteiger partial charge is 0.480 e. The third kappa shape index (κ3) is 2.61. The number of amides is 1. The van der Waals surface area contributed by atoms with Gasteiger partial charge in [0.2, 0.25) is 0 Å². The Labute approximate surface area is 121 Å². The Kier molecular flexibility index (Phi) is 3.60. The lowest BCUT2D eigenvalue weighted by Crippen LogP contribution is -2.44. The maximum absolute atomic E-state index is 12.7. The van der Waals surface area contributed by atoms with E-state index in [1.807, 2.05) is 0 Å². The average molecular weight is 287 g/mol. The molecule has 1 aromatic carbocycles. The number of hydrogen-bond acceptors (Lipinski definition) is 3. The molecule has 2 heterocycles. The highest BCUT2D eigenvalue weighted by molar-refractivity contribution is 5.99. The van der Waals surface area contributed by atoms with Gasteiger partial charge in [0.25, 0.3) is 5.91 Å². The second-order valence-corrected chi connectivity index (χ2v) is 5.37. The minimum atomic E-state index is -0.922. The molecule has 2 N–H and O–H groups in total. The number of carboxylic acids is 1. The highest BCUT2D eigenvalue weighted by Crippen LogP contribution is 2.21. The summed E-state index contributed by atoms with van der Waals surface area (Å²) in [6, 6.07) is 4.54. The van der Waals surface area contributed by atoms with Crippen LogP contribution in [0.5, 0.6) is 0 Å². The number of aromatic amines is 1. The summed E-state index contributed by atoms with van der Waals surface area (Å²) in [7, 11) is 0. The molecule has 1 unspecified atom stereocenters. The number of fused-ring (bicyclic) bond motifs is 1. The number of benzene rings is 1. The number of rotatable bonds is 2. The molecule has 6 heteroatoms. The molecule has 21 heavy (non-hydrogen) atoms. The van der Waals surface area contributed by atoms with Gasteiger partial charge in [0, 0.05) is 17.5 Å². The monoisotopic (exact) mass is 287 g/mol. The lowest BCUT2D eigenvalue weighted by molar-refractivity contribution is -0.142. The van der Waals surface area contributed by atoms with Gasteiger partial charge < -0.3 is 10.0 Å². The molecule has 1 saturated heterocycles. The number of nitrogens with zero attached hydrogens (tertiary/aromatic N) is 2. The number of nitrogens with one attached hydrogen (secondary N) is 1. The van der Waals surface area contributed by atoms with Crippen molar-refractivity contribution in [2.24, 2.45) is 0 Å². The molecule has 110 valence electrons. The predicted octanol–water partition coefficient (Wildman–Crippen LogP) is 2.03. The average Bonchev–Trinajstić information content (AvgIpc) is 2.80. The Morgan fingerprint density at radius 3 is 2.95 bits per heavy atom. The van der Waals surface area contributed by atoms with Crippen LogP contribution in [0.1, 0.15) is 36.0 Å². The molecule has 1 amide bonds. The van der Waals surface area contributed by atoms with Gasteiger partial charge in [0.1, 0.15) is 6.04 Å². The highest BCUT2D eigenvalue weighted by Gasteiger charge is 2.31. The summed E-state index contributed by atoms with van der Waals surface area (Å²) in [5.74, 6) is -1.14. The number of hydrogen-bond donors (Lipinski definition) is 2. The lowest BCUT2D eigenvalue weighted by Gasteiger charge is -2.27. The molecule has 0 spiro atoms. The third-order valence-corrected chi connectivity index (χ3v) is 3.99. The van der Waals surface area contributed by atoms with Gasteiger partial charge in [-0.3, -0.25) is 9.89 Å². The van der Waals surface area contributed by atoms with Gasteiger partial charge in [0.05, 0.1) is 11.7 Å². The molecule has 1 atom stereocenters. The quantitative estimate of drug-likeness (QED) is 0.885. The van der Waals surface area contributed by atoms with Crippen molar-refractivity contribution in [3.8, 4) is 0 Å². The van der Waals surface area contributed by atoms with Crippen molar-refractivity contribution in [2.75, 3.05) is 6.54 Å². The van der Waals surface area contributed by atoms with Crippen molar-refractivity contribution in [2.45, 2.75) is 31.7 Å². The van der Waals surface area contributed by atoms with Crippen molar-refractivity contribution in [1.29, 1.82) is 0 Å².